The van der Waals surface area contributed by atoms with Gasteiger partial charge in [0.15, 0.2) is 0 Å². The zero-order valence-corrected chi connectivity index (χ0v) is 11.1. The van der Waals surface area contributed by atoms with E-state index in [0.29, 0.717) is 12.1 Å². The molecule has 1 aromatic carbocycles. The van der Waals surface area contributed by atoms with Crippen LogP contribution >= 0.6 is 0 Å². The van der Waals surface area contributed by atoms with E-state index in [1.807, 2.05) is 0 Å². The predicted molar refractivity (Wildman–Crippen MR) is 61.9 cm³/mol. The molecule has 23 heavy (non-hydrogen) atoms. The molecule has 0 saturated carbocycles. The second kappa shape index (κ2) is 7.01. The number of amides is 1. The van der Waals surface area contributed by atoms with E-state index in [1.165, 1.54) is 0 Å². The summed E-state index contributed by atoms with van der Waals surface area (Å²) < 4.78 is 103. The summed E-state index contributed by atoms with van der Waals surface area (Å²) in [6.07, 6.45) is -11.8. The van der Waals surface area contributed by atoms with Gasteiger partial charge >= 0.3 is 24.6 Å². The van der Waals surface area contributed by atoms with Crippen molar-refractivity contribution in [2.24, 2.45) is 0 Å². The van der Waals surface area contributed by atoms with Crippen LogP contribution in [0.25, 0.3) is 0 Å². The van der Waals surface area contributed by atoms with Gasteiger partial charge in [-0.1, -0.05) is 0 Å². The van der Waals surface area contributed by atoms with Crippen LogP contribution < -0.4 is 5.32 Å². The summed E-state index contributed by atoms with van der Waals surface area (Å²) in [6.45, 7) is -1.11. The van der Waals surface area contributed by atoms with Crippen LogP contribution in [0.15, 0.2) is 18.2 Å². The van der Waals surface area contributed by atoms with Crippen molar-refractivity contribution in [1.82, 2.24) is 0 Å². The number of carbonyl (C=O) groups excluding carboxylic acids is 1. The molecule has 0 atom stereocenters. The van der Waals surface area contributed by atoms with Gasteiger partial charge in [0.25, 0.3) is 0 Å². The van der Waals surface area contributed by atoms with Crippen molar-refractivity contribution < 1.29 is 44.7 Å². The highest BCUT2D eigenvalue weighted by atomic mass is 19.4. The number of nitrogens with one attached hydrogen (secondary N) is 1. The average Bonchev–Trinajstić information content (AvgIpc) is 2.36. The van der Waals surface area contributed by atoms with Crippen molar-refractivity contribution >= 4 is 11.8 Å². The molecule has 1 rings (SSSR count). The molecule has 0 aromatic heterocycles. The Hall–Kier alpha value is -2.07. The Balaban J connectivity index is 2.63. The van der Waals surface area contributed by atoms with Crippen molar-refractivity contribution in [3.8, 4) is 0 Å². The van der Waals surface area contributed by atoms with E-state index in [2.05, 4.69) is 4.74 Å². The molecule has 0 radical (unpaired) electrons. The van der Waals surface area contributed by atoms with Gasteiger partial charge in [-0.05, 0) is 18.2 Å². The Kier molecular flexibility index (Phi) is 5.78. The first-order valence-corrected chi connectivity index (χ1v) is 5.89. The number of alkyl halides is 7. The van der Waals surface area contributed by atoms with Crippen molar-refractivity contribution in [2.75, 3.05) is 11.9 Å². The van der Waals surface area contributed by atoms with Crippen molar-refractivity contribution in [3.63, 3.8) is 0 Å². The van der Waals surface area contributed by atoms with Gasteiger partial charge in [0, 0.05) is 5.69 Å². The first-order chi connectivity index (χ1) is 10.4. The smallest absolute Gasteiger partial charge is 0.416 e. The zero-order valence-electron chi connectivity index (χ0n) is 11.1. The summed E-state index contributed by atoms with van der Waals surface area (Å²) in [7, 11) is 0. The molecule has 3 nitrogen and oxygen atoms in total. The van der Waals surface area contributed by atoms with Gasteiger partial charge in [-0.25, -0.2) is 26.7 Å². The number of ether oxygens (including phenoxy) is 1. The average molecular weight is 351 g/mol. The van der Waals surface area contributed by atoms with Crippen LogP contribution in [0.2, 0.25) is 0 Å². The highest BCUT2D eigenvalue weighted by molar-refractivity contribution is 5.84. The van der Waals surface area contributed by atoms with Crippen molar-refractivity contribution in [1.29, 1.82) is 0 Å². The summed E-state index contributed by atoms with van der Waals surface area (Å²) in [4.78, 5) is 11.2. The maximum Gasteiger partial charge on any atom is 0.416 e. The van der Waals surface area contributed by atoms with Gasteiger partial charge in [0.05, 0.1) is 18.6 Å². The lowest BCUT2D eigenvalue weighted by Gasteiger charge is -2.15. The van der Waals surface area contributed by atoms with Gasteiger partial charge < -0.3 is 4.74 Å². The number of anilines is 1. The number of hydrogen-bond acceptors (Lipinski definition) is 2. The first kappa shape index (κ1) is 19.0. The van der Waals surface area contributed by atoms with Crippen LogP contribution in [0, 0.1) is 5.82 Å². The number of hydrogen-bond donors (Lipinski definition) is 1. The molecule has 11 heteroatoms. The van der Waals surface area contributed by atoms with Gasteiger partial charge in [-0.15, -0.1) is 0 Å². The molecule has 0 heterocycles. The number of benzene rings is 1. The van der Waals surface area contributed by atoms with Gasteiger partial charge in [-0.3, -0.25) is 5.32 Å². The number of rotatable bonds is 5. The third-order valence-electron chi connectivity index (χ3n) is 2.46. The molecular weight excluding hydrogens is 342 g/mol. The van der Waals surface area contributed by atoms with E-state index in [4.69, 9.17) is 0 Å². The minimum atomic E-state index is -4.87. The fourth-order valence-corrected chi connectivity index (χ4v) is 1.37. The SMILES string of the molecule is O=C(Nc1cc(F)cc(C(F)(F)F)c1)OCCC(F)(F)C(F)F. The second-order valence-corrected chi connectivity index (χ2v) is 4.30. The molecule has 1 amide bonds. The molecule has 0 aliphatic heterocycles. The van der Waals surface area contributed by atoms with Gasteiger partial charge in [0.2, 0.25) is 0 Å². The van der Waals surface area contributed by atoms with Crippen LogP contribution in [0.5, 0.6) is 0 Å². The predicted octanol–water partition coefficient (Wildman–Crippen LogP) is 4.68. The Morgan fingerprint density at radius 1 is 1.13 bits per heavy atom. The molecule has 0 aliphatic rings. The van der Waals surface area contributed by atoms with E-state index < -0.39 is 54.7 Å². The summed E-state index contributed by atoms with van der Waals surface area (Å²) in [6, 6.07) is 1.10. The van der Waals surface area contributed by atoms with Gasteiger partial charge in [-0.2, -0.15) is 13.2 Å². The Morgan fingerprint density at radius 2 is 1.74 bits per heavy atom. The number of halogens is 8. The van der Waals surface area contributed by atoms with Crippen LogP contribution in [0.4, 0.5) is 45.6 Å². The Labute approximate surface area is 124 Å². The minimum Gasteiger partial charge on any atom is -0.449 e. The monoisotopic (exact) mass is 351 g/mol. The van der Waals surface area contributed by atoms with Crippen molar-refractivity contribution in [3.05, 3.63) is 29.6 Å². The summed E-state index contributed by atoms with van der Waals surface area (Å²) in [5.74, 6) is -5.68. The molecule has 0 fully saturated rings. The molecule has 0 aliphatic carbocycles. The van der Waals surface area contributed by atoms with Crippen LogP contribution in [-0.2, 0) is 10.9 Å². The fourth-order valence-electron chi connectivity index (χ4n) is 1.37. The molecule has 1 aromatic rings. The molecule has 0 unspecified atom stereocenters. The molecule has 1 N–H and O–H groups in total. The zero-order chi connectivity index (χ0) is 17.8. The molecule has 0 saturated heterocycles. The van der Waals surface area contributed by atoms with E-state index in [1.54, 1.807) is 5.32 Å². The van der Waals surface area contributed by atoms with Gasteiger partial charge in [0.1, 0.15) is 5.82 Å². The van der Waals surface area contributed by atoms with E-state index >= 15 is 0 Å². The lowest BCUT2D eigenvalue weighted by Crippen LogP contribution is -2.29. The lowest BCUT2D eigenvalue weighted by molar-refractivity contribution is -0.138. The van der Waals surface area contributed by atoms with E-state index in [9.17, 15) is 39.9 Å². The summed E-state index contributed by atoms with van der Waals surface area (Å²) in [5, 5.41) is 1.68. The van der Waals surface area contributed by atoms with Crippen LogP contribution in [-0.4, -0.2) is 25.0 Å². The standard InChI is InChI=1S/C12H9F8NO2/c13-7-3-6(12(18,19)20)4-8(5-7)21-10(22)23-2-1-11(16,17)9(14)15/h3-5,9H,1-2H2,(H,21,22). The van der Waals surface area contributed by atoms with E-state index in [0.717, 1.165) is 0 Å². The summed E-state index contributed by atoms with van der Waals surface area (Å²) in [5.41, 5.74) is -2.03. The fraction of sp³-hybridized carbons (Fsp3) is 0.417. The molecular formula is C12H9F8NO2. The third kappa shape index (κ3) is 5.91. The van der Waals surface area contributed by atoms with Crippen LogP contribution in [0.1, 0.15) is 12.0 Å². The molecule has 0 spiro atoms. The van der Waals surface area contributed by atoms with Crippen molar-refractivity contribution in [2.45, 2.75) is 24.9 Å². The number of carbonyl (C=O) groups is 1. The Morgan fingerprint density at radius 3 is 2.26 bits per heavy atom. The minimum absolute atomic E-state index is 0.180. The highest BCUT2D eigenvalue weighted by Crippen LogP contribution is 2.31. The van der Waals surface area contributed by atoms with Crippen LogP contribution in [0.3, 0.4) is 0 Å². The quantitative estimate of drug-likeness (QED) is 0.782. The molecule has 130 valence electrons. The second-order valence-electron chi connectivity index (χ2n) is 4.30. The Bertz CT molecular complexity index is 558. The topological polar surface area (TPSA) is 38.3 Å². The highest BCUT2D eigenvalue weighted by Gasteiger charge is 2.40. The third-order valence-corrected chi connectivity index (χ3v) is 2.46. The molecule has 0 bridgehead atoms. The maximum absolute atomic E-state index is 13.0. The first-order valence-electron chi connectivity index (χ1n) is 5.89. The normalized spacial score (nSPS) is 12.4. The van der Waals surface area contributed by atoms with E-state index in [-0.39, 0.29) is 6.07 Å². The maximum atomic E-state index is 13.0. The summed E-state index contributed by atoms with van der Waals surface area (Å²) >= 11 is 0. The largest absolute Gasteiger partial charge is 0.449 e. The lowest BCUT2D eigenvalue weighted by atomic mass is 10.2.